The van der Waals surface area contributed by atoms with E-state index >= 15 is 0 Å². The van der Waals surface area contributed by atoms with Gasteiger partial charge in [-0.1, -0.05) is 12.1 Å². The maximum Gasteiger partial charge on any atom is 0.339 e. The molecule has 2 aromatic carbocycles. The molecule has 0 fully saturated rings. The van der Waals surface area contributed by atoms with Crippen molar-refractivity contribution in [3.05, 3.63) is 53.6 Å². The van der Waals surface area contributed by atoms with Gasteiger partial charge < -0.3 is 20.1 Å². The first-order valence-corrected chi connectivity index (χ1v) is 7.18. The molecule has 0 radical (unpaired) electrons. The Morgan fingerprint density at radius 1 is 1.13 bits per heavy atom. The number of esters is 1. The van der Waals surface area contributed by atoms with Crippen molar-refractivity contribution in [3.8, 4) is 5.75 Å². The number of para-hydroxylation sites is 1. The number of carbonyl (C=O) groups is 2. The Morgan fingerprint density at radius 2 is 1.96 bits per heavy atom. The smallest absolute Gasteiger partial charge is 0.339 e. The van der Waals surface area contributed by atoms with Gasteiger partial charge in [0.15, 0.2) is 0 Å². The van der Waals surface area contributed by atoms with Gasteiger partial charge in [-0.15, -0.1) is 0 Å². The Hall–Kier alpha value is -3.02. The minimum Gasteiger partial charge on any atom is -0.493 e. The number of fused-ring (bicyclic) bond motifs is 1. The summed E-state index contributed by atoms with van der Waals surface area (Å²) in [6.07, 6.45) is 0.831. The number of hydrogen-bond acceptors (Lipinski definition) is 4. The molecule has 2 amide bonds. The number of anilines is 2. The molecule has 23 heavy (non-hydrogen) atoms. The van der Waals surface area contributed by atoms with Gasteiger partial charge in [-0.3, -0.25) is 0 Å². The Balaban J connectivity index is 1.72. The average molecular weight is 312 g/mol. The van der Waals surface area contributed by atoms with Crippen molar-refractivity contribution in [2.75, 3.05) is 24.4 Å². The first-order valence-electron chi connectivity index (χ1n) is 7.18. The molecule has 1 heterocycles. The first-order chi connectivity index (χ1) is 11.2. The molecule has 0 unspecified atom stereocenters. The number of nitrogens with one attached hydrogen (secondary N) is 2. The molecule has 6 nitrogen and oxygen atoms in total. The monoisotopic (exact) mass is 312 g/mol. The summed E-state index contributed by atoms with van der Waals surface area (Å²) in [4.78, 5) is 23.8. The van der Waals surface area contributed by atoms with Crippen LogP contribution >= 0.6 is 0 Å². The molecule has 0 saturated heterocycles. The van der Waals surface area contributed by atoms with Crippen molar-refractivity contribution in [2.45, 2.75) is 6.42 Å². The summed E-state index contributed by atoms with van der Waals surface area (Å²) < 4.78 is 10.1. The fourth-order valence-corrected chi connectivity index (χ4v) is 2.43. The van der Waals surface area contributed by atoms with E-state index in [1.165, 1.54) is 7.11 Å². The van der Waals surface area contributed by atoms with E-state index in [9.17, 15) is 9.59 Å². The minimum atomic E-state index is -0.504. The highest BCUT2D eigenvalue weighted by Gasteiger charge is 2.15. The molecule has 0 aliphatic carbocycles. The summed E-state index contributed by atoms with van der Waals surface area (Å²) in [5, 5.41) is 5.41. The zero-order valence-corrected chi connectivity index (χ0v) is 12.6. The molecule has 3 rings (SSSR count). The number of hydrogen-bond donors (Lipinski definition) is 2. The molecule has 1 aliphatic heterocycles. The Morgan fingerprint density at radius 3 is 2.78 bits per heavy atom. The van der Waals surface area contributed by atoms with Gasteiger partial charge in [0.05, 0.1) is 25.0 Å². The zero-order chi connectivity index (χ0) is 16.2. The van der Waals surface area contributed by atoms with E-state index < -0.39 is 12.0 Å². The second-order valence-corrected chi connectivity index (χ2v) is 5.04. The quantitative estimate of drug-likeness (QED) is 0.854. The molecule has 6 heteroatoms. The number of ether oxygens (including phenoxy) is 2. The number of carbonyl (C=O) groups excluding carboxylic acids is 2. The van der Waals surface area contributed by atoms with E-state index in [-0.39, 0.29) is 0 Å². The van der Waals surface area contributed by atoms with Gasteiger partial charge in [-0.25, -0.2) is 9.59 Å². The molecule has 118 valence electrons. The molecule has 0 spiro atoms. The van der Waals surface area contributed by atoms with E-state index in [1.807, 2.05) is 12.1 Å². The largest absolute Gasteiger partial charge is 0.493 e. The highest BCUT2D eigenvalue weighted by molar-refractivity contribution is 6.05. The maximum atomic E-state index is 12.1. The first kappa shape index (κ1) is 14.9. The number of methoxy groups -OCH3 is 1. The van der Waals surface area contributed by atoms with Gasteiger partial charge in [0, 0.05) is 12.1 Å². The van der Waals surface area contributed by atoms with Crippen LogP contribution in [0.3, 0.4) is 0 Å². The summed E-state index contributed by atoms with van der Waals surface area (Å²) in [6.45, 7) is 0.664. The van der Waals surface area contributed by atoms with Crippen LogP contribution in [-0.4, -0.2) is 25.7 Å². The van der Waals surface area contributed by atoms with Crippen LogP contribution in [0.15, 0.2) is 42.5 Å². The molecule has 0 saturated carbocycles. The highest BCUT2D eigenvalue weighted by Crippen LogP contribution is 2.28. The van der Waals surface area contributed by atoms with Crippen molar-refractivity contribution >= 4 is 23.4 Å². The fraction of sp³-hybridized carbons (Fsp3) is 0.176. The zero-order valence-electron chi connectivity index (χ0n) is 12.6. The van der Waals surface area contributed by atoms with Crippen LogP contribution in [-0.2, 0) is 11.2 Å². The lowest BCUT2D eigenvalue weighted by Gasteiger charge is -2.11. The molecule has 0 aromatic heterocycles. The van der Waals surface area contributed by atoms with Gasteiger partial charge >= 0.3 is 12.0 Å². The predicted octanol–water partition coefficient (Wildman–Crippen LogP) is 3.05. The summed E-state index contributed by atoms with van der Waals surface area (Å²) in [7, 11) is 1.30. The van der Waals surface area contributed by atoms with Crippen LogP contribution in [0.4, 0.5) is 16.2 Å². The summed E-state index contributed by atoms with van der Waals surface area (Å²) >= 11 is 0. The van der Waals surface area contributed by atoms with Crippen LogP contribution in [0.5, 0.6) is 5.75 Å². The lowest BCUT2D eigenvalue weighted by atomic mass is 10.1. The molecule has 0 bridgehead atoms. The van der Waals surface area contributed by atoms with Crippen molar-refractivity contribution in [3.63, 3.8) is 0 Å². The Kier molecular flexibility index (Phi) is 4.14. The van der Waals surface area contributed by atoms with Crippen molar-refractivity contribution < 1.29 is 19.1 Å². The molecular weight excluding hydrogens is 296 g/mol. The number of benzene rings is 2. The van der Waals surface area contributed by atoms with Crippen molar-refractivity contribution in [2.24, 2.45) is 0 Å². The van der Waals surface area contributed by atoms with Gasteiger partial charge in [0.1, 0.15) is 5.75 Å². The number of rotatable bonds is 3. The van der Waals surface area contributed by atoms with Gasteiger partial charge in [-0.05, 0) is 35.9 Å². The molecule has 1 aliphatic rings. The van der Waals surface area contributed by atoms with E-state index in [4.69, 9.17) is 9.47 Å². The Labute approximate surface area is 133 Å². The van der Waals surface area contributed by atoms with Gasteiger partial charge in [0.25, 0.3) is 0 Å². The molecule has 0 atom stereocenters. The molecule has 2 aromatic rings. The molecule has 2 N–H and O–H groups in total. The summed E-state index contributed by atoms with van der Waals surface area (Å²) in [5.74, 6) is 0.350. The van der Waals surface area contributed by atoms with E-state index in [0.29, 0.717) is 23.5 Å². The third-order valence-electron chi connectivity index (χ3n) is 3.53. The second-order valence-electron chi connectivity index (χ2n) is 5.04. The van der Waals surface area contributed by atoms with Crippen molar-refractivity contribution in [1.82, 2.24) is 0 Å². The standard InChI is InChI=1S/C17H16N2O4/c1-22-16(20)13-4-2-3-5-14(13)19-17(21)18-12-6-7-15-11(10-12)8-9-23-15/h2-7,10H,8-9H2,1H3,(H2,18,19,21). The van der Waals surface area contributed by atoms with Crippen LogP contribution < -0.4 is 15.4 Å². The normalized spacial score (nSPS) is 12.0. The van der Waals surface area contributed by atoms with Gasteiger partial charge in [-0.2, -0.15) is 0 Å². The third-order valence-corrected chi connectivity index (χ3v) is 3.53. The van der Waals surface area contributed by atoms with Gasteiger partial charge in [0.2, 0.25) is 0 Å². The number of amides is 2. The fourth-order valence-electron chi connectivity index (χ4n) is 2.43. The minimum absolute atomic E-state index is 0.299. The van der Waals surface area contributed by atoms with E-state index in [1.54, 1.807) is 30.3 Å². The van der Waals surface area contributed by atoms with Crippen molar-refractivity contribution in [1.29, 1.82) is 0 Å². The van der Waals surface area contributed by atoms with Crippen LogP contribution in [0.2, 0.25) is 0 Å². The van der Waals surface area contributed by atoms with Crippen LogP contribution in [0.25, 0.3) is 0 Å². The van der Waals surface area contributed by atoms with E-state index in [2.05, 4.69) is 10.6 Å². The lowest BCUT2D eigenvalue weighted by Crippen LogP contribution is -2.21. The molecular formula is C17H16N2O4. The topological polar surface area (TPSA) is 76.7 Å². The average Bonchev–Trinajstić information content (AvgIpc) is 3.02. The van der Waals surface area contributed by atoms with E-state index in [0.717, 1.165) is 17.7 Å². The van der Waals surface area contributed by atoms with Crippen LogP contribution in [0.1, 0.15) is 15.9 Å². The maximum absolute atomic E-state index is 12.1. The van der Waals surface area contributed by atoms with Crippen LogP contribution in [0, 0.1) is 0 Å². The Bertz CT molecular complexity index is 758. The summed E-state index contributed by atoms with van der Waals surface area (Å²) in [6, 6.07) is 11.7. The third kappa shape index (κ3) is 3.26. The summed E-state index contributed by atoms with van der Waals surface area (Å²) in [5.41, 5.74) is 2.42. The SMILES string of the molecule is COC(=O)c1ccccc1NC(=O)Nc1ccc2c(c1)CCO2. The second kappa shape index (κ2) is 6.39. The predicted molar refractivity (Wildman–Crippen MR) is 86.1 cm³/mol. The number of urea groups is 1. The highest BCUT2D eigenvalue weighted by atomic mass is 16.5. The lowest BCUT2D eigenvalue weighted by molar-refractivity contribution is 0.0602.